The third kappa shape index (κ3) is 4.63. The van der Waals surface area contributed by atoms with Crippen LogP contribution < -0.4 is 0 Å². The topological polar surface area (TPSA) is 64.4 Å². The minimum atomic E-state index is -4.09. The van der Waals surface area contributed by atoms with Gasteiger partial charge in [0.1, 0.15) is 11.6 Å². The predicted octanol–water partition coefficient (Wildman–Crippen LogP) is 4.62. The quantitative estimate of drug-likeness (QED) is 0.511. The van der Waals surface area contributed by atoms with Crippen LogP contribution in [0.15, 0.2) is 50.2 Å². The van der Waals surface area contributed by atoms with Gasteiger partial charge in [0.05, 0.1) is 4.90 Å². The Bertz CT molecular complexity index is 1080. The predicted molar refractivity (Wildman–Crippen MR) is 111 cm³/mol. The normalized spacial score (nSPS) is 19.6. The molecule has 0 saturated carbocycles. The zero-order chi connectivity index (χ0) is 21.3. The summed E-state index contributed by atoms with van der Waals surface area (Å²) in [5, 5.41) is 9.29. The van der Waals surface area contributed by atoms with Crippen LogP contribution in [0.5, 0.6) is 0 Å². The fourth-order valence-corrected chi connectivity index (χ4v) is 6.46. The lowest BCUT2D eigenvalue weighted by Gasteiger charge is -2.28. The molecule has 1 saturated heterocycles. The first-order chi connectivity index (χ1) is 13.6. The van der Waals surface area contributed by atoms with E-state index in [4.69, 9.17) is 0 Å². The average molecular weight is 549 g/mol. The van der Waals surface area contributed by atoms with Crippen molar-refractivity contribution in [2.45, 2.75) is 36.9 Å². The Kier molecular flexibility index (Phi) is 6.63. The van der Waals surface area contributed by atoms with Crippen LogP contribution in [0.1, 0.15) is 18.9 Å². The molecule has 1 aliphatic rings. The van der Waals surface area contributed by atoms with Gasteiger partial charge in [0.2, 0.25) is 10.0 Å². The monoisotopic (exact) mass is 547 g/mol. The van der Waals surface area contributed by atoms with Crippen LogP contribution in [0.2, 0.25) is 0 Å². The number of rotatable bonds is 5. The van der Waals surface area contributed by atoms with E-state index in [-0.39, 0.29) is 29.6 Å². The molecule has 154 valence electrons. The molecule has 2 aromatic carbocycles. The zero-order valence-electron chi connectivity index (χ0n) is 15.3. The van der Waals surface area contributed by atoms with Crippen LogP contribution in [0.25, 0.3) is 0 Å². The van der Waals surface area contributed by atoms with Gasteiger partial charge in [0.15, 0.2) is 6.19 Å². The molecule has 29 heavy (non-hydrogen) atoms. The summed E-state index contributed by atoms with van der Waals surface area (Å²) < 4.78 is 57.2. The Morgan fingerprint density at radius 3 is 2.62 bits per heavy atom. The summed E-state index contributed by atoms with van der Waals surface area (Å²) in [6.07, 6.45) is 2.45. The number of nitrogens with zero attached hydrogens (tertiary/aromatic N) is 3. The molecule has 0 radical (unpaired) electrons. The SMILES string of the molecule is C[C@H]1C[C@@H](N(Cc2cc(F)ccc2F)S(=O)(=O)c2cc(Br)ccc2Br)CN1C#N. The molecule has 10 heteroatoms. The Hall–Kier alpha value is -1.54. The lowest BCUT2D eigenvalue weighted by molar-refractivity contribution is 0.309. The van der Waals surface area contributed by atoms with Crippen LogP contribution in [0.4, 0.5) is 8.78 Å². The smallest absolute Gasteiger partial charge is 0.244 e. The van der Waals surface area contributed by atoms with Crippen molar-refractivity contribution >= 4 is 41.9 Å². The molecule has 0 aliphatic carbocycles. The molecule has 1 aliphatic heterocycles. The molecule has 2 aromatic rings. The molecule has 5 nitrogen and oxygen atoms in total. The molecule has 1 heterocycles. The summed E-state index contributed by atoms with van der Waals surface area (Å²) >= 11 is 6.54. The molecule has 1 fully saturated rings. The van der Waals surface area contributed by atoms with Gasteiger partial charge in [-0.15, -0.1) is 0 Å². The van der Waals surface area contributed by atoms with E-state index >= 15 is 0 Å². The van der Waals surface area contributed by atoms with E-state index in [9.17, 15) is 22.5 Å². The second-order valence-electron chi connectivity index (χ2n) is 6.85. The lowest BCUT2D eigenvalue weighted by Crippen LogP contribution is -2.41. The van der Waals surface area contributed by atoms with E-state index < -0.39 is 27.7 Å². The number of likely N-dealkylation sites (tertiary alicyclic amines) is 1. The fourth-order valence-electron chi connectivity index (χ4n) is 3.39. The number of halogens is 4. The van der Waals surface area contributed by atoms with Gasteiger partial charge in [-0.2, -0.15) is 9.57 Å². The third-order valence-corrected chi connectivity index (χ3v) is 8.29. The highest BCUT2D eigenvalue weighted by atomic mass is 79.9. The first-order valence-corrected chi connectivity index (χ1v) is 11.7. The summed E-state index contributed by atoms with van der Waals surface area (Å²) in [5.74, 6) is -1.34. The van der Waals surface area contributed by atoms with Crippen LogP contribution in [0, 0.1) is 23.1 Å². The average Bonchev–Trinajstić information content (AvgIpc) is 3.04. The van der Waals surface area contributed by atoms with Gasteiger partial charge in [-0.05, 0) is 65.7 Å². The molecule has 0 aromatic heterocycles. The summed E-state index contributed by atoms with van der Waals surface area (Å²) in [7, 11) is -4.09. The maximum Gasteiger partial charge on any atom is 0.244 e. The second-order valence-corrected chi connectivity index (χ2v) is 10.5. The summed E-state index contributed by atoms with van der Waals surface area (Å²) in [6.45, 7) is 1.66. The van der Waals surface area contributed by atoms with Gasteiger partial charge in [-0.25, -0.2) is 17.2 Å². The van der Waals surface area contributed by atoms with Gasteiger partial charge in [0, 0.05) is 39.7 Å². The minimum Gasteiger partial charge on any atom is -0.306 e. The molecular formula is C19H17Br2F2N3O2S. The molecule has 0 unspecified atom stereocenters. The highest BCUT2D eigenvalue weighted by Gasteiger charge is 2.40. The number of sulfonamides is 1. The van der Waals surface area contributed by atoms with Crippen molar-refractivity contribution in [1.82, 2.24) is 9.21 Å². The van der Waals surface area contributed by atoms with E-state index in [0.717, 1.165) is 22.5 Å². The Morgan fingerprint density at radius 2 is 1.97 bits per heavy atom. The Morgan fingerprint density at radius 1 is 1.24 bits per heavy atom. The summed E-state index contributed by atoms with van der Waals surface area (Å²) in [4.78, 5) is 1.50. The molecule has 2 atom stereocenters. The van der Waals surface area contributed by atoms with Gasteiger partial charge in [-0.1, -0.05) is 15.9 Å². The van der Waals surface area contributed by atoms with Crippen molar-refractivity contribution in [3.63, 3.8) is 0 Å². The number of hydrogen-bond donors (Lipinski definition) is 0. The van der Waals surface area contributed by atoms with Crippen molar-refractivity contribution in [3.05, 3.63) is 62.5 Å². The second kappa shape index (κ2) is 8.68. The van der Waals surface area contributed by atoms with Crippen molar-refractivity contribution in [3.8, 4) is 6.19 Å². The van der Waals surface area contributed by atoms with Crippen molar-refractivity contribution in [2.75, 3.05) is 6.54 Å². The van der Waals surface area contributed by atoms with Gasteiger partial charge in [-0.3, -0.25) is 0 Å². The first kappa shape index (κ1) is 22.2. The van der Waals surface area contributed by atoms with E-state index in [1.807, 2.05) is 6.92 Å². The standard InChI is InChI=1S/C19H17Br2F2N3O2S/c1-12-6-16(10-25(12)11-24)26(9-13-7-15(22)3-5-18(13)23)29(27,28)19-8-14(20)2-4-17(19)21/h2-5,7-8,12,16H,6,9-10H2,1H3/t12-,16+/m0/s1. The van der Waals surface area contributed by atoms with Gasteiger partial charge in [0.25, 0.3) is 0 Å². The van der Waals surface area contributed by atoms with E-state index in [2.05, 4.69) is 38.1 Å². The fraction of sp³-hybridized carbons (Fsp3) is 0.316. The summed E-state index contributed by atoms with van der Waals surface area (Å²) in [5.41, 5.74) is -0.0669. The molecular weight excluding hydrogens is 532 g/mol. The van der Waals surface area contributed by atoms with Crippen LogP contribution in [-0.4, -0.2) is 36.3 Å². The van der Waals surface area contributed by atoms with Crippen molar-refractivity contribution < 1.29 is 17.2 Å². The maximum atomic E-state index is 14.3. The molecule has 0 N–H and O–H groups in total. The molecule has 3 rings (SSSR count). The molecule has 0 spiro atoms. The Labute approximate surface area is 185 Å². The maximum absolute atomic E-state index is 14.3. The zero-order valence-corrected chi connectivity index (χ0v) is 19.3. The third-order valence-electron chi connectivity index (χ3n) is 4.90. The lowest BCUT2D eigenvalue weighted by atomic mass is 10.1. The van der Waals surface area contributed by atoms with E-state index in [0.29, 0.717) is 15.4 Å². The first-order valence-electron chi connectivity index (χ1n) is 8.70. The number of hydrogen-bond acceptors (Lipinski definition) is 4. The summed E-state index contributed by atoms with van der Waals surface area (Å²) in [6, 6.07) is 6.96. The Balaban J connectivity index is 2.08. The van der Waals surface area contributed by atoms with Gasteiger partial charge < -0.3 is 4.90 Å². The highest BCUT2D eigenvalue weighted by molar-refractivity contribution is 9.11. The number of nitriles is 1. The van der Waals surface area contributed by atoms with E-state index in [1.54, 1.807) is 12.1 Å². The molecule has 0 amide bonds. The van der Waals surface area contributed by atoms with E-state index in [1.165, 1.54) is 11.0 Å². The van der Waals surface area contributed by atoms with Crippen molar-refractivity contribution in [1.29, 1.82) is 5.26 Å². The largest absolute Gasteiger partial charge is 0.306 e. The van der Waals surface area contributed by atoms with Crippen LogP contribution >= 0.6 is 31.9 Å². The van der Waals surface area contributed by atoms with Gasteiger partial charge >= 0.3 is 0 Å². The van der Waals surface area contributed by atoms with Crippen LogP contribution in [0.3, 0.4) is 0 Å². The van der Waals surface area contributed by atoms with Crippen molar-refractivity contribution in [2.24, 2.45) is 0 Å². The van der Waals surface area contributed by atoms with Crippen LogP contribution in [-0.2, 0) is 16.6 Å². The molecule has 0 bridgehead atoms. The minimum absolute atomic E-state index is 0.00625. The highest BCUT2D eigenvalue weighted by Crippen LogP contribution is 2.33. The number of benzene rings is 2.